The van der Waals surface area contributed by atoms with Crippen LogP contribution in [0.2, 0.25) is 0 Å². The maximum atomic E-state index is 11.7. The summed E-state index contributed by atoms with van der Waals surface area (Å²) >= 11 is 0. The zero-order chi connectivity index (χ0) is 13.8. The van der Waals surface area contributed by atoms with Gasteiger partial charge in [0.1, 0.15) is 0 Å². The molecule has 1 N–H and O–H groups in total. The fraction of sp³-hybridized carbons (Fsp3) is 0.600. The van der Waals surface area contributed by atoms with Crippen LogP contribution in [0.1, 0.15) is 49.2 Å². The summed E-state index contributed by atoms with van der Waals surface area (Å²) in [6, 6.07) is 1.89. The van der Waals surface area contributed by atoms with Gasteiger partial charge >= 0.3 is 0 Å². The summed E-state index contributed by atoms with van der Waals surface area (Å²) in [6.45, 7) is 5.54. The number of hydrogen-bond donors (Lipinski definition) is 1. The average molecular weight is 262 g/mol. The molecule has 4 nitrogen and oxygen atoms in total. The third-order valence-corrected chi connectivity index (χ3v) is 3.48. The monoisotopic (exact) mass is 262 g/mol. The Morgan fingerprint density at radius 3 is 2.95 bits per heavy atom. The summed E-state index contributed by atoms with van der Waals surface area (Å²) in [6.07, 6.45) is 4.94. The van der Waals surface area contributed by atoms with Gasteiger partial charge < -0.3 is 9.88 Å². The Labute approximate surface area is 114 Å². The van der Waals surface area contributed by atoms with Gasteiger partial charge in [-0.15, -0.1) is 0 Å². The summed E-state index contributed by atoms with van der Waals surface area (Å²) in [5, 5.41) is 2.91. The highest BCUT2D eigenvalue weighted by atomic mass is 16.1. The minimum atomic E-state index is 0.0817. The number of aromatic nitrogens is 1. The molecule has 0 bridgehead atoms. The first-order valence-electron chi connectivity index (χ1n) is 7.06. The van der Waals surface area contributed by atoms with Crippen LogP contribution in [0.3, 0.4) is 0 Å². The number of amides is 1. The normalized spacial score (nSPS) is 14.6. The number of rotatable bonds is 5. The number of nitrogens with zero attached hydrogens (tertiary/aromatic N) is 1. The summed E-state index contributed by atoms with van der Waals surface area (Å²) in [7, 11) is 0. The molecule has 1 aromatic heterocycles. The topological polar surface area (TPSA) is 51.1 Å². The first kappa shape index (κ1) is 13.8. The van der Waals surface area contributed by atoms with E-state index in [1.165, 1.54) is 0 Å². The summed E-state index contributed by atoms with van der Waals surface area (Å²) in [5.41, 5.74) is 1.96. The van der Waals surface area contributed by atoms with Gasteiger partial charge in [0.15, 0.2) is 5.78 Å². The minimum absolute atomic E-state index is 0.0817. The number of aryl methyl sites for hydroxylation is 1. The fourth-order valence-electron chi connectivity index (χ4n) is 2.43. The van der Waals surface area contributed by atoms with Gasteiger partial charge in [-0.3, -0.25) is 9.59 Å². The number of nitrogens with one attached hydrogen (secondary N) is 1. The lowest BCUT2D eigenvalue weighted by Crippen LogP contribution is -2.28. The Hall–Kier alpha value is -1.58. The van der Waals surface area contributed by atoms with Crippen molar-refractivity contribution >= 4 is 11.7 Å². The molecule has 0 radical (unpaired) electrons. The number of ketones is 1. The van der Waals surface area contributed by atoms with Crippen molar-refractivity contribution in [3.05, 3.63) is 23.5 Å². The lowest BCUT2D eigenvalue weighted by Gasteiger charge is -2.15. The van der Waals surface area contributed by atoms with E-state index in [4.69, 9.17) is 0 Å². The molecular formula is C15H22N2O2. The van der Waals surface area contributed by atoms with E-state index in [0.29, 0.717) is 25.3 Å². The summed E-state index contributed by atoms with van der Waals surface area (Å²) < 4.78 is 2.06. The van der Waals surface area contributed by atoms with Crippen LogP contribution < -0.4 is 5.32 Å². The molecule has 104 valence electrons. The van der Waals surface area contributed by atoms with Crippen LogP contribution in [-0.2, 0) is 17.8 Å². The SMILES string of the molecule is CC(C)CNC(=O)CCn1ccc2c1CCCC2=O. The van der Waals surface area contributed by atoms with Crippen molar-refractivity contribution in [2.45, 2.75) is 46.1 Å². The molecule has 1 amide bonds. The highest BCUT2D eigenvalue weighted by molar-refractivity contribution is 5.98. The van der Waals surface area contributed by atoms with E-state index in [-0.39, 0.29) is 11.7 Å². The molecule has 1 aliphatic rings. The van der Waals surface area contributed by atoms with Crippen molar-refractivity contribution in [2.24, 2.45) is 5.92 Å². The first-order chi connectivity index (χ1) is 9.08. The zero-order valence-corrected chi connectivity index (χ0v) is 11.7. The van der Waals surface area contributed by atoms with Gasteiger partial charge in [0.2, 0.25) is 5.91 Å². The number of fused-ring (bicyclic) bond motifs is 1. The Balaban J connectivity index is 1.90. The number of carbonyl (C=O) groups excluding carboxylic acids is 2. The molecule has 0 fully saturated rings. The van der Waals surface area contributed by atoms with Gasteiger partial charge in [-0.1, -0.05) is 13.8 Å². The van der Waals surface area contributed by atoms with E-state index < -0.39 is 0 Å². The number of hydrogen-bond acceptors (Lipinski definition) is 2. The Morgan fingerprint density at radius 1 is 1.42 bits per heavy atom. The Bertz CT molecular complexity index is 474. The van der Waals surface area contributed by atoms with E-state index in [9.17, 15) is 9.59 Å². The van der Waals surface area contributed by atoms with Crippen LogP contribution in [-0.4, -0.2) is 22.8 Å². The molecule has 19 heavy (non-hydrogen) atoms. The van der Waals surface area contributed by atoms with Crippen LogP contribution >= 0.6 is 0 Å². The van der Waals surface area contributed by atoms with Crippen LogP contribution in [0.25, 0.3) is 0 Å². The van der Waals surface area contributed by atoms with Crippen LogP contribution in [0.4, 0.5) is 0 Å². The predicted octanol–water partition coefficient (Wildman–Crippen LogP) is 2.17. The van der Waals surface area contributed by atoms with Crippen LogP contribution in [0.15, 0.2) is 12.3 Å². The number of carbonyl (C=O) groups is 2. The van der Waals surface area contributed by atoms with E-state index in [2.05, 4.69) is 23.7 Å². The maximum absolute atomic E-state index is 11.7. The molecule has 0 atom stereocenters. The lowest BCUT2D eigenvalue weighted by molar-refractivity contribution is -0.121. The van der Waals surface area contributed by atoms with Crippen molar-refractivity contribution in [1.82, 2.24) is 9.88 Å². The molecule has 2 rings (SSSR count). The van der Waals surface area contributed by atoms with Crippen molar-refractivity contribution in [1.29, 1.82) is 0 Å². The summed E-state index contributed by atoms with van der Waals surface area (Å²) in [5.74, 6) is 0.795. The standard InChI is InChI=1S/C15H22N2O2/c1-11(2)10-16-15(19)7-9-17-8-6-12-13(17)4-3-5-14(12)18/h6,8,11H,3-5,7,9-10H2,1-2H3,(H,16,19). The summed E-state index contributed by atoms with van der Waals surface area (Å²) in [4.78, 5) is 23.4. The molecule has 0 unspecified atom stereocenters. The van der Waals surface area contributed by atoms with E-state index in [1.807, 2.05) is 12.3 Å². The van der Waals surface area contributed by atoms with Gasteiger partial charge in [-0.05, 0) is 24.8 Å². The maximum Gasteiger partial charge on any atom is 0.221 e. The second-order valence-electron chi connectivity index (χ2n) is 5.59. The van der Waals surface area contributed by atoms with E-state index in [1.54, 1.807) is 0 Å². The highest BCUT2D eigenvalue weighted by Crippen LogP contribution is 2.22. The van der Waals surface area contributed by atoms with Gasteiger partial charge in [-0.2, -0.15) is 0 Å². The van der Waals surface area contributed by atoms with Crippen LogP contribution in [0, 0.1) is 5.92 Å². The third-order valence-electron chi connectivity index (χ3n) is 3.48. The number of Topliss-reactive ketones (excluding diaryl/α,β-unsaturated/α-hetero) is 1. The molecule has 1 aromatic rings. The van der Waals surface area contributed by atoms with Crippen molar-refractivity contribution in [2.75, 3.05) is 6.54 Å². The van der Waals surface area contributed by atoms with Crippen LogP contribution in [0.5, 0.6) is 0 Å². The van der Waals surface area contributed by atoms with Gasteiger partial charge in [0, 0.05) is 43.4 Å². The Kier molecular flexibility index (Phi) is 4.40. The van der Waals surface area contributed by atoms with Crippen molar-refractivity contribution in [3.8, 4) is 0 Å². The van der Waals surface area contributed by atoms with Crippen molar-refractivity contribution < 1.29 is 9.59 Å². The molecule has 0 saturated heterocycles. The van der Waals surface area contributed by atoms with Gasteiger partial charge in [0.05, 0.1) is 0 Å². The third kappa shape index (κ3) is 3.46. The second kappa shape index (κ2) is 6.04. The second-order valence-corrected chi connectivity index (χ2v) is 5.59. The smallest absolute Gasteiger partial charge is 0.221 e. The molecule has 1 heterocycles. The molecule has 0 aromatic carbocycles. The molecule has 0 aliphatic heterocycles. The van der Waals surface area contributed by atoms with Gasteiger partial charge in [-0.25, -0.2) is 0 Å². The molecular weight excluding hydrogens is 240 g/mol. The van der Waals surface area contributed by atoms with Gasteiger partial charge in [0.25, 0.3) is 0 Å². The highest BCUT2D eigenvalue weighted by Gasteiger charge is 2.20. The largest absolute Gasteiger partial charge is 0.356 e. The van der Waals surface area contributed by atoms with E-state index >= 15 is 0 Å². The predicted molar refractivity (Wildman–Crippen MR) is 74.2 cm³/mol. The quantitative estimate of drug-likeness (QED) is 0.884. The zero-order valence-electron chi connectivity index (χ0n) is 11.7. The van der Waals surface area contributed by atoms with Crippen molar-refractivity contribution in [3.63, 3.8) is 0 Å². The minimum Gasteiger partial charge on any atom is -0.356 e. The Morgan fingerprint density at radius 2 is 2.21 bits per heavy atom. The lowest BCUT2D eigenvalue weighted by atomic mass is 9.97. The molecule has 4 heteroatoms. The van der Waals surface area contributed by atoms with E-state index in [0.717, 1.165) is 30.6 Å². The first-order valence-corrected chi connectivity index (χ1v) is 7.06. The molecule has 1 aliphatic carbocycles. The molecule has 0 saturated carbocycles. The average Bonchev–Trinajstić information content (AvgIpc) is 2.78. The fourth-order valence-corrected chi connectivity index (χ4v) is 2.43. The molecule has 0 spiro atoms.